The molecule has 182 valence electrons. The van der Waals surface area contributed by atoms with Gasteiger partial charge >= 0.3 is 0 Å². The van der Waals surface area contributed by atoms with E-state index in [1.807, 2.05) is 70.7 Å². The van der Waals surface area contributed by atoms with Gasteiger partial charge in [-0.3, -0.25) is 14.3 Å². The van der Waals surface area contributed by atoms with Gasteiger partial charge in [-0.15, -0.1) is 0 Å². The third-order valence-corrected chi connectivity index (χ3v) is 6.99. The Balaban J connectivity index is 1.24. The van der Waals surface area contributed by atoms with Crippen LogP contribution in [0.15, 0.2) is 42.6 Å². The maximum absolute atomic E-state index is 13.1. The predicted molar refractivity (Wildman–Crippen MR) is 136 cm³/mol. The number of benzene rings is 2. The summed E-state index contributed by atoms with van der Waals surface area (Å²) in [7, 11) is 3.51. The van der Waals surface area contributed by atoms with E-state index in [0.717, 1.165) is 33.9 Å². The molecule has 1 fully saturated rings. The molecule has 1 N–H and O–H groups in total. The number of ether oxygens (including phenoxy) is 1. The molecule has 2 aromatic carbocycles. The molecule has 1 aliphatic heterocycles. The highest BCUT2D eigenvalue weighted by molar-refractivity contribution is 6.31. The summed E-state index contributed by atoms with van der Waals surface area (Å²) in [6, 6.07) is 11.3. The minimum Gasteiger partial charge on any atom is -0.383 e. The molecule has 0 unspecified atom stereocenters. The molecule has 35 heavy (non-hydrogen) atoms. The summed E-state index contributed by atoms with van der Waals surface area (Å²) in [5, 5.41) is 10.2. The average Bonchev–Trinajstić information content (AvgIpc) is 3.37. The summed E-state index contributed by atoms with van der Waals surface area (Å²) >= 11 is 6.11. The molecule has 1 aliphatic rings. The lowest BCUT2D eigenvalue weighted by atomic mass is 9.99. The lowest BCUT2D eigenvalue weighted by Crippen LogP contribution is -2.51. The smallest absolute Gasteiger partial charge is 0.270 e. The van der Waals surface area contributed by atoms with Gasteiger partial charge in [-0.2, -0.15) is 5.10 Å². The third kappa shape index (κ3) is 4.39. The van der Waals surface area contributed by atoms with Crippen molar-refractivity contribution in [3.63, 3.8) is 0 Å². The molecule has 0 radical (unpaired) electrons. The number of aromatic nitrogens is 3. The Hall–Kier alpha value is -3.36. The van der Waals surface area contributed by atoms with E-state index in [2.05, 4.69) is 5.32 Å². The zero-order valence-electron chi connectivity index (χ0n) is 20.0. The second kappa shape index (κ2) is 9.36. The van der Waals surface area contributed by atoms with E-state index in [1.54, 1.807) is 7.11 Å². The van der Waals surface area contributed by atoms with Gasteiger partial charge in [0.05, 0.1) is 12.1 Å². The van der Waals surface area contributed by atoms with E-state index < -0.39 is 0 Å². The summed E-state index contributed by atoms with van der Waals surface area (Å²) < 4.78 is 8.85. The van der Waals surface area contributed by atoms with E-state index in [4.69, 9.17) is 21.4 Å². The molecule has 9 heteroatoms. The highest BCUT2D eigenvalue weighted by Crippen LogP contribution is 2.27. The van der Waals surface area contributed by atoms with Gasteiger partial charge in [0.25, 0.3) is 11.8 Å². The first-order valence-corrected chi connectivity index (χ1v) is 12.0. The maximum Gasteiger partial charge on any atom is 0.270 e. The van der Waals surface area contributed by atoms with E-state index in [9.17, 15) is 9.59 Å². The second-order valence-electron chi connectivity index (χ2n) is 9.14. The average molecular weight is 494 g/mol. The number of amides is 2. The second-order valence-corrected chi connectivity index (χ2v) is 9.58. The van der Waals surface area contributed by atoms with E-state index in [0.29, 0.717) is 48.4 Å². The van der Waals surface area contributed by atoms with Crippen LogP contribution >= 0.6 is 11.6 Å². The molecule has 0 saturated carbocycles. The largest absolute Gasteiger partial charge is 0.383 e. The van der Waals surface area contributed by atoms with Gasteiger partial charge in [-0.25, -0.2) is 0 Å². The van der Waals surface area contributed by atoms with Crippen molar-refractivity contribution < 1.29 is 14.3 Å². The van der Waals surface area contributed by atoms with E-state index in [1.165, 1.54) is 0 Å². The number of hydrogen-bond acceptors (Lipinski definition) is 4. The van der Waals surface area contributed by atoms with Crippen molar-refractivity contribution >= 4 is 45.2 Å². The number of likely N-dealkylation sites (tertiary alicyclic amines) is 1. The quantitative estimate of drug-likeness (QED) is 0.398. The lowest BCUT2D eigenvalue weighted by Gasteiger charge is -2.39. The van der Waals surface area contributed by atoms with Crippen molar-refractivity contribution in [3.8, 4) is 0 Å². The molecule has 0 aliphatic carbocycles. The Morgan fingerprint density at radius 1 is 1.20 bits per heavy atom. The molecular weight excluding hydrogens is 466 g/mol. The molecule has 0 atom stereocenters. The van der Waals surface area contributed by atoms with Crippen molar-refractivity contribution in [3.05, 3.63) is 64.4 Å². The van der Waals surface area contributed by atoms with Crippen molar-refractivity contribution in [2.75, 3.05) is 33.4 Å². The van der Waals surface area contributed by atoms with E-state index >= 15 is 0 Å². The summed E-state index contributed by atoms with van der Waals surface area (Å²) in [5.74, 6) is 0.245. The Labute approximate surface area is 208 Å². The molecule has 8 nitrogen and oxygen atoms in total. The van der Waals surface area contributed by atoms with Crippen molar-refractivity contribution in [2.24, 2.45) is 13.0 Å². The molecule has 3 heterocycles. The minimum atomic E-state index is -0.113. The molecule has 2 aromatic heterocycles. The Morgan fingerprint density at radius 3 is 2.77 bits per heavy atom. The molecule has 0 spiro atoms. The van der Waals surface area contributed by atoms with Crippen LogP contribution in [0.25, 0.3) is 21.8 Å². The Morgan fingerprint density at radius 2 is 2.00 bits per heavy atom. The SMILES string of the molecule is COCCNC(=O)c1ccc2nn(CC3CN(C(=O)c4cc5cc(Cl)ccc5n4C)C3)cc2c1C. The van der Waals surface area contributed by atoms with E-state index in [-0.39, 0.29) is 11.8 Å². The third-order valence-electron chi connectivity index (χ3n) is 6.76. The van der Waals surface area contributed by atoms with Gasteiger partial charge in [-0.05, 0) is 48.9 Å². The minimum absolute atomic E-state index is 0.0293. The van der Waals surface area contributed by atoms with Crippen LogP contribution in [-0.2, 0) is 18.3 Å². The normalized spacial score (nSPS) is 14.0. The lowest BCUT2D eigenvalue weighted by molar-refractivity contribution is 0.0452. The number of nitrogens with one attached hydrogen (secondary N) is 1. The van der Waals surface area contributed by atoms with Crippen LogP contribution in [0, 0.1) is 12.8 Å². The number of carbonyl (C=O) groups excluding carboxylic acids is 2. The van der Waals surface area contributed by atoms with Crippen LogP contribution in [0.1, 0.15) is 26.4 Å². The Kier molecular flexibility index (Phi) is 6.25. The molecule has 0 bridgehead atoms. The molecule has 4 aromatic rings. The van der Waals surface area contributed by atoms with Crippen LogP contribution < -0.4 is 5.32 Å². The molecule has 5 rings (SSSR count). The van der Waals surface area contributed by atoms with Crippen LogP contribution in [0.3, 0.4) is 0 Å². The highest BCUT2D eigenvalue weighted by atomic mass is 35.5. The topological polar surface area (TPSA) is 81.4 Å². The number of halogens is 1. The predicted octanol–water partition coefficient (Wildman–Crippen LogP) is 3.64. The van der Waals surface area contributed by atoms with Crippen molar-refractivity contribution in [1.29, 1.82) is 0 Å². The molecule has 1 saturated heterocycles. The van der Waals surface area contributed by atoms with Gasteiger partial charge < -0.3 is 19.5 Å². The first-order chi connectivity index (χ1) is 16.9. The van der Waals surface area contributed by atoms with Gasteiger partial charge in [0.2, 0.25) is 0 Å². The number of aryl methyl sites for hydroxylation is 2. The summed E-state index contributed by atoms with van der Waals surface area (Å²) in [4.78, 5) is 27.5. The van der Waals surface area contributed by atoms with Gasteiger partial charge in [0.1, 0.15) is 5.69 Å². The summed E-state index contributed by atoms with van der Waals surface area (Å²) in [5.41, 5.74) is 4.06. The molecular formula is C26H28ClN5O3. The standard InChI is InChI=1S/C26H28ClN5O3/c1-16-20(25(33)28-8-9-35-3)5-6-22-21(16)15-32(29-22)14-17-12-31(13-17)26(34)24-11-18-10-19(27)4-7-23(18)30(24)2/h4-7,10-11,15,17H,8-9,12-14H2,1-3H3,(H,28,33). The fourth-order valence-electron chi connectivity index (χ4n) is 4.79. The van der Waals surface area contributed by atoms with Crippen LogP contribution in [-0.4, -0.2) is 64.4 Å². The first-order valence-electron chi connectivity index (χ1n) is 11.6. The number of fused-ring (bicyclic) bond motifs is 2. The monoisotopic (exact) mass is 493 g/mol. The number of carbonyl (C=O) groups is 2. The summed E-state index contributed by atoms with van der Waals surface area (Å²) in [6.07, 6.45) is 1.99. The number of methoxy groups -OCH3 is 1. The number of hydrogen-bond donors (Lipinski definition) is 1. The van der Waals surface area contributed by atoms with Crippen LogP contribution in [0.4, 0.5) is 0 Å². The highest BCUT2D eigenvalue weighted by Gasteiger charge is 2.33. The fourth-order valence-corrected chi connectivity index (χ4v) is 4.97. The maximum atomic E-state index is 13.1. The van der Waals surface area contributed by atoms with Gasteiger partial charge in [-0.1, -0.05) is 11.6 Å². The number of nitrogens with zero attached hydrogens (tertiary/aromatic N) is 4. The fraction of sp³-hybridized carbons (Fsp3) is 0.346. The van der Waals surface area contributed by atoms with Gasteiger partial charge in [0, 0.05) is 79.3 Å². The zero-order valence-corrected chi connectivity index (χ0v) is 20.8. The number of rotatable bonds is 7. The van der Waals surface area contributed by atoms with Crippen LogP contribution in [0.2, 0.25) is 5.02 Å². The van der Waals surface area contributed by atoms with Crippen molar-refractivity contribution in [1.82, 2.24) is 24.6 Å². The first kappa shape index (κ1) is 23.4. The van der Waals surface area contributed by atoms with Crippen LogP contribution in [0.5, 0.6) is 0 Å². The van der Waals surface area contributed by atoms with Crippen molar-refractivity contribution in [2.45, 2.75) is 13.5 Å². The van der Waals surface area contributed by atoms with Gasteiger partial charge in [0.15, 0.2) is 0 Å². The summed E-state index contributed by atoms with van der Waals surface area (Å²) in [6.45, 7) is 4.97. The molecule has 2 amide bonds. The Bertz CT molecular complexity index is 1430. The zero-order chi connectivity index (χ0) is 24.7.